The normalized spacial score (nSPS) is 11.4. The predicted octanol–water partition coefficient (Wildman–Crippen LogP) is 6.00. The molecule has 4 heteroatoms. The Hall–Kier alpha value is -3.53. The Bertz CT molecular complexity index is 1320. The predicted molar refractivity (Wildman–Crippen MR) is 111 cm³/mol. The number of fused-ring (bicyclic) bond motifs is 3. The average molecular weight is 367 g/mol. The molecule has 28 heavy (non-hydrogen) atoms. The fourth-order valence-electron chi connectivity index (χ4n) is 3.59. The van der Waals surface area contributed by atoms with Crippen molar-refractivity contribution in [3.05, 3.63) is 89.9 Å². The van der Waals surface area contributed by atoms with Crippen LogP contribution in [0.1, 0.15) is 11.1 Å². The van der Waals surface area contributed by atoms with Gasteiger partial charge < -0.3 is 0 Å². The Morgan fingerprint density at radius 2 is 1.50 bits per heavy atom. The highest BCUT2D eigenvalue weighted by Crippen LogP contribution is 2.34. The summed E-state index contributed by atoms with van der Waals surface area (Å²) in [5, 5.41) is 6.94. The van der Waals surface area contributed by atoms with Gasteiger partial charge in [0, 0.05) is 22.5 Å². The zero-order valence-electron chi connectivity index (χ0n) is 15.6. The van der Waals surface area contributed by atoms with Gasteiger partial charge in [-0.15, -0.1) is 0 Å². The average Bonchev–Trinajstić information content (AvgIpc) is 3.09. The number of benzene rings is 3. The molecular formula is C24H18FN3. The van der Waals surface area contributed by atoms with E-state index in [9.17, 15) is 4.39 Å². The van der Waals surface area contributed by atoms with Crippen molar-refractivity contribution in [1.82, 2.24) is 14.8 Å². The van der Waals surface area contributed by atoms with Crippen molar-refractivity contribution in [1.29, 1.82) is 0 Å². The molecule has 0 saturated heterocycles. The summed E-state index contributed by atoms with van der Waals surface area (Å²) in [5.41, 5.74) is 6.97. The third-order valence-electron chi connectivity index (χ3n) is 5.06. The quantitative estimate of drug-likeness (QED) is 0.383. The minimum atomic E-state index is -0.263. The van der Waals surface area contributed by atoms with Crippen molar-refractivity contribution in [2.45, 2.75) is 13.8 Å². The first kappa shape index (κ1) is 16.6. The van der Waals surface area contributed by atoms with E-state index < -0.39 is 0 Å². The summed E-state index contributed by atoms with van der Waals surface area (Å²) in [6.45, 7) is 4.13. The van der Waals surface area contributed by atoms with Crippen LogP contribution in [-0.4, -0.2) is 14.8 Å². The van der Waals surface area contributed by atoms with Crippen molar-refractivity contribution in [2.24, 2.45) is 0 Å². The lowest BCUT2D eigenvalue weighted by Crippen LogP contribution is -1.97. The molecule has 3 nitrogen and oxygen atoms in total. The molecule has 5 rings (SSSR count). The zero-order chi connectivity index (χ0) is 19.3. The van der Waals surface area contributed by atoms with Crippen LogP contribution in [0.5, 0.6) is 0 Å². The van der Waals surface area contributed by atoms with Crippen molar-refractivity contribution in [3.8, 4) is 16.9 Å². The molecule has 136 valence electrons. The highest BCUT2D eigenvalue weighted by Gasteiger charge is 2.17. The maximum atomic E-state index is 13.5. The summed E-state index contributed by atoms with van der Waals surface area (Å²) >= 11 is 0. The fourth-order valence-corrected chi connectivity index (χ4v) is 3.59. The van der Waals surface area contributed by atoms with Crippen LogP contribution >= 0.6 is 0 Å². The Kier molecular flexibility index (Phi) is 3.72. The van der Waals surface area contributed by atoms with Crippen molar-refractivity contribution >= 4 is 21.8 Å². The number of hydrogen-bond acceptors (Lipinski definition) is 2. The molecule has 0 radical (unpaired) electrons. The van der Waals surface area contributed by atoms with Gasteiger partial charge in [-0.2, -0.15) is 5.10 Å². The Morgan fingerprint density at radius 3 is 2.25 bits per heavy atom. The SMILES string of the molecule is Cc1ccc(-c2nn(-c3ccc(F)cc3)c3c2cnc2ccc(C)cc23)cc1. The number of halogens is 1. The van der Waals surface area contributed by atoms with E-state index in [1.807, 2.05) is 16.9 Å². The maximum absolute atomic E-state index is 13.5. The summed E-state index contributed by atoms with van der Waals surface area (Å²) in [4.78, 5) is 4.66. The van der Waals surface area contributed by atoms with Gasteiger partial charge in [-0.05, 0) is 50.2 Å². The molecule has 0 atom stereocenters. The molecule has 5 aromatic rings. The molecule has 0 fully saturated rings. The van der Waals surface area contributed by atoms with Crippen LogP contribution in [0.2, 0.25) is 0 Å². The van der Waals surface area contributed by atoms with Crippen LogP contribution in [-0.2, 0) is 0 Å². The third kappa shape index (κ3) is 2.65. The third-order valence-corrected chi connectivity index (χ3v) is 5.06. The fraction of sp³-hybridized carbons (Fsp3) is 0.0833. The topological polar surface area (TPSA) is 30.7 Å². The molecule has 0 aliphatic heterocycles. The highest BCUT2D eigenvalue weighted by molar-refractivity contribution is 6.08. The van der Waals surface area contributed by atoms with Gasteiger partial charge in [0.1, 0.15) is 11.5 Å². The van der Waals surface area contributed by atoms with Gasteiger partial charge in [0.2, 0.25) is 0 Å². The van der Waals surface area contributed by atoms with Gasteiger partial charge in [0.15, 0.2) is 0 Å². The van der Waals surface area contributed by atoms with E-state index in [4.69, 9.17) is 5.10 Å². The lowest BCUT2D eigenvalue weighted by atomic mass is 10.0. The van der Waals surface area contributed by atoms with Crippen LogP contribution in [0.3, 0.4) is 0 Å². The lowest BCUT2D eigenvalue weighted by molar-refractivity contribution is 0.627. The molecule has 0 aliphatic rings. The molecule has 3 aromatic carbocycles. The van der Waals surface area contributed by atoms with Crippen LogP contribution in [0.4, 0.5) is 4.39 Å². The van der Waals surface area contributed by atoms with Gasteiger partial charge in [0.25, 0.3) is 0 Å². The first-order valence-electron chi connectivity index (χ1n) is 9.21. The van der Waals surface area contributed by atoms with E-state index in [-0.39, 0.29) is 5.82 Å². The summed E-state index contributed by atoms with van der Waals surface area (Å²) in [5.74, 6) is -0.263. The summed E-state index contributed by atoms with van der Waals surface area (Å²) < 4.78 is 15.4. The first-order valence-corrected chi connectivity index (χ1v) is 9.21. The van der Waals surface area contributed by atoms with E-state index in [1.54, 1.807) is 12.1 Å². The molecule has 0 aliphatic carbocycles. The molecule has 0 amide bonds. The van der Waals surface area contributed by atoms with Gasteiger partial charge in [-0.25, -0.2) is 9.07 Å². The number of rotatable bonds is 2. The number of pyridine rings is 1. The second kappa shape index (κ2) is 6.27. The Labute approximate surface area is 162 Å². The first-order chi connectivity index (χ1) is 13.6. The largest absolute Gasteiger partial charge is 0.255 e. The summed E-state index contributed by atoms with van der Waals surface area (Å²) in [6.07, 6.45) is 1.88. The van der Waals surface area contributed by atoms with Gasteiger partial charge in [-0.1, -0.05) is 41.5 Å². The molecule has 0 N–H and O–H groups in total. The van der Waals surface area contributed by atoms with Crippen LogP contribution in [0, 0.1) is 19.7 Å². The van der Waals surface area contributed by atoms with Gasteiger partial charge in [0.05, 0.1) is 16.7 Å². The van der Waals surface area contributed by atoms with Crippen molar-refractivity contribution in [3.63, 3.8) is 0 Å². The number of aryl methyl sites for hydroxylation is 2. The van der Waals surface area contributed by atoms with Crippen molar-refractivity contribution in [2.75, 3.05) is 0 Å². The van der Waals surface area contributed by atoms with Crippen molar-refractivity contribution < 1.29 is 4.39 Å². The standard InChI is InChI=1S/C24H18FN3/c1-15-3-6-17(7-4-15)23-21-14-26-22-12-5-16(2)13-20(22)24(21)28(27-23)19-10-8-18(25)9-11-19/h3-14H,1-2H3. The summed E-state index contributed by atoms with van der Waals surface area (Å²) in [6, 6.07) is 21.0. The minimum absolute atomic E-state index is 0.263. The lowest BCUT2D eigenvalue weighted by Gasteiger charge is -2.06. The smallest absolute Gasteiger partial charge is 0.123 e. The van der Waals surface area contributed by atoms with E-state index in [0.717, 1.165) is 44.3 Å². The molecule has 2 aromatic heterocycles. The second-order valence-corrected chi connectivity index (χ2v) is 7.14. The Balaban J connectivity index is 1.90. The molecule has 2 heterocycles. The highest BCUT2D eigenvalue weighted by atomic mass is 19.1. The number of hydrogen-bond donors (Lipinski definition) is 0. The number of aromatic nitrogens is 3. The molecule has 0 bridgehead atoms. The molecule has 0 spiro atoms. The molecule has 0 saturated carbocycles. The minimum Gasteiger partial charge on any atom is -0.255 e. The second-order valence-electron chi connectivity index (χ2n) is 7.14. The summed E-state index contributed by atoms with van der Waals surface area (Å²) in [7, 11) is 0. The monoisotopic (exact) mass is 367 g/mol. The number of nitrogens with zero attached hydrogens (tertiary/aromatic N) is 3. The van der Waals surface area contributed by atoms with E-state index in [1.165, 1.54) is 17.7 Å². The van der Waals surface area contributed by atoms with Gasteiger partial charge in [-0.3, -0.25) is 4.98 Å². The zero-order valence-corrected chi connectivity index (χ0v) is 15.6. The van der Waals surface area contributed by atoms with Crippen LogP contribution in [0.25, 0.3) is 38.8 Å². The van der Waals surface area contributed by atoms with Crippen LogP contribution in [0.15, 0.2) is 72.9 Å². The van der Waals surface area contributed by atoms with Crippen LogP contribution < -0.4 is 0 Å². The van der Waals surface area contributed by atoms with E-state index >= 15 is 0 Å². The van der Waals surface area contributed by atoms with E-state index in [2.05, 4.69) is 55.2 Å². The van der Waals surface area contributed by atoms with Gasteiger partial charge >= 0.3 is 0 Å². The maximum Gasteiger partial charge on any atom is 0.123 e. The van der Waals surface area contributed by atoms with E-state index in [0.29, 0.717) is 0 Å². The molecular weight excluding hydrogens is 349 g/mol. The molecule has 0 unspecified atom stereocenters. The Morgan fingerprint density at radius 1 is 0.786 bits per heavy atom.